The number of benzene rings is 2. The summed E-state index contributed by atoms with van der Waals surface area (Å²) in [4.78, 5) is 15.1. The van der Waals surface area contributed by atoms with Gasteiger partial charge in [0.25, 0.3) is 0 Å². The third-order valence-electron chi connectivity index (χ3n) is 3.30. The highest BCUT2D eigenvalue weighted by Gasteiger charge is 2.07. The lowest BCUT2D eigenvalue weighted by Gasteiger charge is -1.99. The lowest BCUT2D eigenvalue weighted by atomic mass is 10.1. The molecular weight excluding hydrogens is 298 g/mol. The Hall–Kier alpha value is -2.59. The van der Waals surface area contributed by atoms with Crippen LogP contribution in [0.25, 0.3) is 10.9 Å². The lowest BCUT2D eigenvalue weighted by Crippen LogP contribution is -2.19. The summed E-state index contributed by atoms with van der Waals surface area (Å²) in [6, 6.07) is 15.1. The number of carbonyl (C=O) groups excluding carboxylic acids is 1. The summed E-state index contributed by atoms with van der Waals surface area (Å²) in [6.45, 7) is 0. The molecule has 0 fully saturated rings. The molecule has 0 aliphatic carbocycles. The number of nitrogens with one attached hydrogen (secondary N) is 2. The van der Waals surface area contributed by atoms with Gasteiger partial charge < -0.3 is 4.98 Å². The largest absolute Gasteiger partial charge is 0.361 e. The Morgan fingerprint density at radius 2 is 1.95 bits per heavy atom. The third kappa shape index (κ3) is 3.35. The first kappa shape index (κ1) is 14.4. The van der Waals surface area contributed by atoms with Crippen molar-refractivity contribution in [3.8, 4) is 0 Å². The van der Waals surface area contributed by atoms with Crippen LogP contribution in [0, 0.1) is 0 Å². The summed E-state index contributed by atoms with van der Waals surface area (Å²) < 4.78 is 0. The first-order chi connectivity index (χ1) is 10.7. The quantitative estimate of drug-likeness (QED) is 0.562. The number of para-hydroxylation sites is 1. The van der Waals surface area contributed by atoms with Crippen LogP contribution in [0.4, 0.5) is 0 Å². The van der Waals surface area contributed by atoms with Crippen molar-refractivity contribution >= 4 is 34.6 Å². The first-order valence-corrected chi connectivity index (χ1v) is 7.22. The van der Waals surface area contributed by atoms with Gasteiger partial charge in [-0.2, -0.15) is 5.10 Å². The van der Waals surface area contributed by atoms with Crippen LogP contribution in [0.1, 0.15) is 11.1 Å². The number of aromatic nitrogens is 1. The second-order valence-corrected chi connectivity index (χ2v) is 5.32. The summed E-state index contributed by atoms with van der Waals surface area (Å²) in [5, 5.41) is 5.68. The van der Waals surface area contributed by atoms with Crippen molar-refractivity contribution < 1.29 is 4.79 Å². The highest BCUT2D eigenvalue weighted by Crippen LogP contribution is 2.17. The van der Waals surface area contributed by atoms with E-state index in [9.17, 15) is 4.79 Å². The SMILES string of the molecule is O=C(Cc1c[nH]c2ccccc12)N/N=C\c1ccc(Cl)cc1. The van der Waals surface area contributed by atoms with Gasteiger partial charge in [-0.3, -0.25) is 4.79 Å². The van der Waals surface area contributed by atoms with Gasteiger partial charge in [0.2, 0.25) is 5.91 Å². The molecular formula is C17H14ClN3O. The van der Waals surface area contributed by atoms with Gasteiger partial charge in [0.05, 0.1) is 12.6 Å². The van der Waals surface area contributed by atoms with E-state index in [4.69, 9.17) is 11.6 Å². The Morgan fingerprint density at radius 1 is 1.18 bits per heavy atom. The van der Waals surface area contributed by atoms with E-state index in [1.165, 1.54) is 0 Å². The van der Waals surface area contributed by atoms with Crippen molar-refractivity contribution in [3.63, 3.8) is 0 Å². The fraction of sp³-hybridized carbons (Fsp3) is 0.0588. The standard InChI is InChI=1S/C17H14ClN3O/c18-14-7-5-12(6-8-14)10-20-21-17(22)9-13-11-19-16-4-2-1-3-15(13)16/h1-8,10-11,19H,9H2,(H,21,22)/b20-10-. The number of halogens is 1. The maximum absolute atomic E-state index is 11.9. The Balaban J connectivity index is 1.62. The smallest absolute Gasteiger partial charge is 0.244 e. The minimum Gasteiger partial charge on any atom is -0.361 e. The van der Waals surface area contributed by atoms with E-state index in [-0.39, 0.29) is 12.3 Å². The molecule has 0 atom stereocenters. The summed E-state index contributed by atoms with van der Waals surface area (Å²) in [6.07, 6.45) is 3.72. The molecule has 0 spiro atoms. The number of aromatic amines is 1. The number of hydrazone groups is 1. The minimum absolute atomic E-state index is 0.157. The van der Waals surface area contributed by atoms with Crippen molar-refractivity contribution in [2.45, 2.75) is 6.42 Å². The van der Waals surface area contributed by atoms with Crippen molar-refractivity contribution in [1.29, 1.82) is 0 Å². The summed E-state index contributed by atoms with van der Waals surface area (Å²) >= 11 is 5.81. The van der Waals surface area contributed by atoms with Crippen LogP contribution in [0.3, 0.4) is 0 Å². The molecule has 0 aliphatic rings. The van der Waals surface area contributed by atoms with Crippen LogP contribution >= 0.6 is 11.6 Å². The average Bonchev–Trinajstić information content (AvgIpc) is 2.93. The molecule has 2 aromatic carbocycles. The molecule has 4 nitrogen and oxygen atoms in total. The molecule has 1 amide bonds. The highest BCUT2D eigenvalue weighted by atomic mass is 35.5. The zero-order valence-electron chi connectivity index (χ0n) is 11.7. The number of H-pyrrole nitrogens is 1. The van der Waals surface area contributed by atoms with Crippen molar-refractivity contribution in [2.24, 2.45) is 5.10 Å². The van der Waals surface area contributed by atoms with Crippen LogP contribution < -0.4 is 5.43 Å². The van der Waals surface area contributed by atoms with Crippen molar-refractivity contribution in [3.05, 3.63) is 70.9 Å². The Morgan fingerprint density at radius 3 is 2.77 bits per heavy atom. The van der Waals surface area contributed by atoms with Gasteiger partial charge in [-0.05, 0) is 29.3 Å². The molecule has 1 heterocycles. The highest BCUT2D eigenvalue weighted by molar-refractivity contribution is 6.30. The predicted molar refractivity (Wildman–Crippen MR) is 89.2 cm³/mol. The Bertz CT molecular complexity index is 821. The zero-order chi connectivity index (χ0) is 15.4. The fourth-order valence-corrected chi connectivity index (χ4v) is 2.34. The van der Waals surface area contributed by atoms with E-state index in [0.717, 1.165) is 22.0 Å². The van der Waals surface area contributed by atoms with Gasteiger partial charge in [-0.1, -0.05) is 41.9 Å². The number of hydrogen-bond acceptors (Lipinski definition) is 2. The Labute approximate surface area is 132 Å². The summed E-state index contributed by atoms with van der Waals surface area (Å²) in [5.74, 6) is -0.157. The second kappa shape index (κ2) is 6.45. The van der Waals surface area contributed by atoms with Gasteiger partial charge >= 0.3 is 0 Å². The molecule has 0 saturated carbocycles. The second-order valence-electron chi connectivity index (χ2n) is 4.88. The monoisotopic (exact) mass is 311 g/mol. The molecule has 0 aliphatic heterocycles. The van der Waals surface area contributed by atoms with Gasteiger partial charge in [0.15, 0.2) is 0 Å². The molecule has 0 radical (unpaired) electrons. The maximum Gasteiger partial charge on any atom is 0.244 e. The number of fused-ring (bicyclic) bond motifs is 1. The molecule has 0 unspecified atom stereocenters. The van der Waals surface area contributed by atoms with E-state index >= 15 is 0 Å². The van der Waals surface area contributed by atoms with E-state index in [0.29, 0.717) is 5.02 Å². The van der Waals surface area contributed by atoms with Gasteiger partial charge in [-0.25, -0.2) is 5.43 Å². The van der Waals surface area contributed by atoms with E-state index in [2.05, 4.69) is 15.5 Å². The number of amides is 1. The molecule has 0 bridgehead atoms. The fourth-order valence-electron chi connectivity index (χ4n) is 2.22. The third-order valence-corrected chi connectivity index (χ3v) is 3.55. The predicted octanol–water partition coefficient (Wildman–Crippen LogP) is 3.51. The molecule has 5 heteroatoms. The number of hydrogen-bond donors (Lipinski definition) is 2. The van der Waals surface area contributed by atoms with Gasteiger partial charge in [-0.15, -0.1) is 0 Å². The number of rotatable bonds is 4. The van der Waals surface area contributed by atoms with E-state index in [1.807, 2.05) is 42.6 Å². The normalized spacial score (nSPS) is 11.1. The first-order valence-electron chi connectivity index (χ1n) is 6.85. The molecule has 110 valence electrons. The van der Waals surface area contributed by atoms with E-state index in [1.54, 1.807) is 18.3 Å². The van der Waals surface area contributed by atoms with Gasteiger partial charge in [0.1, 0.15) is 0 Å². The molecule has 3 aromatic rings. The molecule has 2 N–H and O–H groups in total. The number of nitrogens with zero attached hydrogens (tertiary/aromatic N) is 1. The summed E-state index contributed by atoms with van der Waals surface area (Å²) in [5.41, 5.74) is 5.38. The van der Waals surface area contributed by atoms with Crippen LogP contribution in [0.15, 0.2) is 59.8 Å². The zero-order valence-corrected chi connectivity index (χ0v) is 12.5. The van der Waals surface area contributed by atoms with Gasteiger partial charge in [0, 0.05) is 22.1 Å². The molecule has 0 saturated heterocycles. The molecule has 1 aromatic heterocycles. The average molecular weight is 312 g/mol. The van der Waals surface area contributed by atoms with Crippen LogP contribution in [0.2, 0.25) is 5.02 Å². The minimum atomic E-state index is -0.157. The number of carbonyl (C=O) groups is 1. The van der Waals surface area contributed by atoms with E-state index < -0.39 is 0 Å². The van der Waals surface area contributed by atoms with Crippen molar-refractivity contribution in [2.75, 3.05) is 0 Å². The van der Waals surface area contributed by atoms with Crippen molar-refractivity contribution in [1.82, 2.24) is 10.4 Å². The van der Waals surface area contributed by atoms with Crippen LogP contribution in [-0.4, -0.2) is 17.1 Å². The molecule has 3 rings (SSSR count). The van der Waals surface area contributed by atoms with Crippen LogP contribution in [0.5, 0.6) is 0 Å². The van der Waals surface area contributed by atoms with Crippen LogP contribution in [-0.2, 0) is 11.2 Å². The Kier molecular flexibility index (Phi) is 4.21. The maximum atomic E-state index is 11.9. The molecule has 22 heavy (non-hydrogen) atoms. The topological polar surface area (TPSA) is 57.2 Å². The lowest BCUT2D eigenvalue weighted by molar-refractivity contribution is -0.120. The summed E-state index contributed by atoms with van der Waals surface area (Å²) in [7, 11) is 0.